The van der Waals surface area contributed by atoms with Crippen molar-refractivity contribution in [3.8, 4) is 0 Å². The second-order valence-corrected chi connectivity index (χ2v) is 8.36. The summed E-state index contributed by atoms with van der Waals surface area (Å²) in [6.07, 6.45) is 4.49. The maximum atomic E-state index is 12.9. The molecule has 1 atom stereocenters. The Balaban J connectivity index is 1.26. The van der Waals surface area contributed by atoms with Crippen LogP contribution < -0.4 is 15.5 Å². The average molecular weight is 415 g/mol. The zero-order valence-corrected chi connectivity index (χ0v) is 17.4. The molecule has 2 amide bonds. The summed E-state index contributed by atoms with van der Waals surface area (Å²) >= 11 is 0. The van der Waals surface area contributed by atoms with Crippen molar-refractivity contribution in [1.82, 2.24) is 0 Å². The number of nitrogens with zero attached hydrogens (tertiary/aromatic N) is 1. The molecular formula is C25H25N3O3. The van der Waals surface area contributed by atoms with Gasteiger partial charge in [-0.25, -0.2) is 0 Å². The SMILES string of the molecule is CC1Cc2ccccc2N1Cc1occc1C(=O)Nc1ccc(NC(=O)C2CC2)cc1. The van der Waals surface area contributed by atoms with Gasteiger partial charge in [-0.05, 0) is 68.1 Å². The first kappa shape index (κ1) is 19.4. The molecule has 1 aliphatic heterocycles. The molecule has 1 fully saturated rings. The lowest BCUT2D eigenvalue weighted by molar-refractivity contribution is -0.117. The van der Waals surface area contributed by atoms with E-state index in [-0.39, 0.29) is 17.7 Å². The second-order valence-electron chi connectivity index (χ2n) is 8.36. The van der Waals surface area contributed by atoms with Gasteiger partial charge >= 0.3 is 0 Å². The minimum Gasteiger partial charge on any atom is -0.467 e. The molecule has 31 heavy (non-hydrogen) atoms. The van der Waals surface area contributed by atoms with Gasteiger partial charge in [0.1, 0.15) is 5.76 Å². The number of hydrogen-bond acceptors (Lipinski definition) is 4. The summed E-state index contributed by atoms with van der Waals surface area (Å²) in [5, 5.41) is 5.83. The Labute approximate surface area is 181 Å². The summed E-state index contributed by atoms with van der Waals surface area (Å²) in [6.45, 7) is 2.73. The van der Waals surface area contributed by atoms with Crippen molar-refractivity contribution in [1.29, 1.82) is 0 Å². The lowest BCUT2D eigenvalue weighted by Crippen LogP contribution is -2.29. The van der Waals surface area contributed by atoms with Gasteiger partial charge in [-0.3, -0.25) is 9.59 Å². The molecule has 2 N–H and O–H groups in total. The molecule has 158 valence electrons. The largest absolute Gasteiger partial charge is 0.467 e. The Morgan fingerprint density at radius 2 is 1.71 bits per heavy atom. The Morgan fingerprint density at radius 1 is 1.00 bits per heavy atom. The highest BCUT2D eigenvalue weighted by molar-refractivity contribution is 6.05. The van der Waals surface area contributed by atoms with Crippen LogP contribution in [0.1, 0.15) is 41.4 Å². The fourth-order valence-corrected chi connectivity index (χ4v) is 4.12. The number of furan rings is 1. The summed E-state index contributed by atoms with van der Waals surface area (Å²) in [5.74, 6) is 0.662. The van der Waals surface area contributed by atoms with Gasteiger partial charge in [-0.15, -0.1) is 0 Å². The van der Waals surface area contributed by atoms with Crippen LogP contribution in [0.4, 0.5) is 17.1 Å². The van der Waals surface area contributed by atoms with Crippen LogP contribution in [0, 0.1) is 5.92 Å². The number of carbonyl (C=O) groups is 2. The van der Waals surface area contributed by atoms with E-state index in [2.05, 4.69) is 40.7 Å². The highest BCUT2D eigenvalue weighted by Gasteiger charge is 2.30. The van der Waals surface area contributed by atoms with Crippen LogP contribution in [0.25, 0.3) is 0 Å². The van der Waals surface area contributed by atoms with Crippen molar-refractivity contribution < 1.29 is 14.0 Å². The lowest BCUT2D eigenvalue weighted by atomic mass is 10.1. The quantitative estimate of drug-likeness (QED) is 0.605. The molecule has 6 nitrogen and oxygen atoms in total. The van der Waals surface area contributed by atoms with Gasteiger partial charge in [0.15, 0.2) is 0 Å². The molecule has 6 heteroatoms. The number of nitrogens with one attached hydrogen (secondary N) is 2. The third-order valence-electron chi connectivity index (χ3n) is 6.01. The van der Waals surface area contributed by atoms with E-state index in [4.69, 9.17) is 4.42 Å². The maximum Gasteiger partial charge on any atom is 0.259 e. The lowest BCUT2D eigenvalue weighted by Gasteiger charge is -2.24. The summed E-state index contributed by atoms with van der Waals surface area (Å²) in [4.78, 5) is 27.1. The number of rotatable bonds is 6. The molecule has 1 aliphatic carbocycles. The van der Waals surface area contributed by atoms with E-state index in [1.807, 2.05) is 6.07 Å². The molecule has 5 rings (SSSR count). The number of anilines is 3. The first-order valence-corrected chi connectivity index (χ1v) is 10.7. The molecule has 2 aromatic carbocycles. The minimum absolute atomic E-state index is 0.0672. The van der Waals surface area contributed by atoms with Crippen molar-refractivity contribution in [3.05, 3.63) is 77.7 Å². The maximum absolute atomic E-state index is 12.9. The number of fused-ring (bicyclic) bond motifs is 1. The van der Waals surface area contributed by atoms with E-state index in [0.29, 0.717) is 29.6 Å². The molecule has 2 aliphatic rings. The molecule has 2 heterocycles. The number of para-hydroxylation sites is 1. The highest BCUT2D eigenvalue weighted by atomic mass is 16.3. The van der Waals surface area contributed by atoms with E-state index in [9.17, 15) is 9.59 Å². The summed E-state index contributed by atoms with van der Waals surface area (Å²) in [7, 11) is 0. The average Bonchev–Trinajstić information content (AvgIpc) is 3.44. The summed E-state index contributed by atoms with van der Waals surface area (Å²) in [6, 6.07) is 17.6. The third kappa shape index (κ3) is 4.06. The van der Waals surface area contributed by atoms with Crippen LogP contribution in [0.3, 0.4) is 0 Å². The fraction of sp³-hybridized carbons (Fsp3) is 0.280. The van der Waals surface area contributed by atoms with Gasteiger partial charge in [-0.2, -0.15) is 0 Å². The predicted molar refractivity (Wildman–Crippen MR) is 120 cm³/mol. The van der Waals surface area contributed by atoms with Crippen LogP contribution in [0.5, 0.6) is 0 Å². The molecule has 0 bridgehead atoms. The first-order valence-electron chi connectivity index (χ1n) is 10.7. The Morgan fingerprint density at radius 3 is 2.45 bits per heavy atom. The van der Waals surface area contributed by atoms with E-state index in [0.717, 1.165) is 24.9 Å². The third-order valence-corrected chi connectivity index (χ3v) is 6.01. The summed E-state index contributed by atoms with van der Waals surface area (Å²) < 4.78 is 5.69. The second kappa shape index (κ2) is 7.95. The van der Waals surface area contributed by atoms with E-state index in [1.54, 1.807) is 36.6 Å². The number of carbonyl (C=O) groups excluding carboxylic acids is 2. The molecule has 1 unspecified atom stereocenters. The van der Waals surface area contributed by atoms with Crippen LogP contribution in [-0.4, -0.2) is 17.9 Å². The minimum atomic E-state index is -0.210. The molecule has 0 spiro atoms. The monoisotopic (exact) mass is 415 g/mol. The van der Waals surface area contributed by atoms with Crippen molar-refractivity contribution in [2.75, 3.05) is 15.5 Å². The molecule has 0 radical (unpaired) electrons. The smallest absolute Gasteiger partial charge is 0.259 e. The zero-order chi connectivity index (χ0) is 21.4. The Hall–Kier alpha value is -3.54. The molecule has 0 saturated heterocycles. The van der Waals surface area contributed by atoms with Crippen molar-refractivity contribution >= 4 is 28.9 Å². The van der Waals surface area contributed by atoms with Gasteiger partial charge in [0.2, 0.25) is 5.91 Å². The Kier molecular flexibility index (Phi) is 4.98. The van der Waals surface area contributed by atoms with Crippen LogP contribution in [-0.2, 0) is 17.8 Å². The first-order chi connectivity index (χ1) is 15.1. The zero-order valence-electron chi connectivity index (χ0n) is 17.4. The standard InChI is InChI=1S/C25H25N3O3/c1-16-14-18-4-2-3-5-22(18)28(16)15-23-21(12-13-31-23)25(30)27-20-10-8-19(9-11-20)26-24(29)17-6-7-17/h2-5,8-13,16-17H,6-7,14-15H2,1H3,(H,26,29)(H,27,30). The van der Waals surface area contributed by atoms with Gasteiger partial charge in [0.25, 0.3) is 5.91 Å². The van der Waals surface area contributed by atoms with Gasteiger partial charge in [0.05, 0.1) is 18.4 Å². The molecular weight excluding hydrogens is 390 g/mol. The molecule has 1 aromatic heterocycles. The van der Waals surface area contributed by atoms with E-state index in [1.165, 1.54) is 11.3 Å². The van der Waals surface area contributed by atoms with E-state index < -0.39 is 0 Å². The highest BCUT2D eigenvalue weighted by Crippen LogP contribution is 2.34. The Bertz CT molecular complexity index is 1120. The van der Waals surface area contributed by atoms with Gasteiger partial charge in [-0.1, -0.05) is 18.2 Å². The number of amides is 2. The van der Waals surface area contributed by atoms with Crippen LogP contribution in [0.15, 0.2) is 65.3 Å². The van der Waals surface area contributed by atoms with Crippen molar-refractivity contribution in [2.45, 2.75) is 38.8 Å². The van der Waals surface area contributed by atoms with Crippen LogP contribution in [0.2, 0.25) is 0 Å². The van der Waals surface area contributed by atoms with Gasteiger partial charge in [0, 0.05) is 29.0 Å². The number of benzene rings is 2. The van der Waals surface area contributed by atoms with Gasteiger partial charge < -0.3 is 20.0 Å². The van der Waals surface area contributed by atoms with E-state index >= 15 is 0 Å². The summed E-state index contributed by atoms with van der Waals surface area (Å²) in [5.41, 5.74) is 4.45. The topological polar surface area (TPSA) is 74.6 Å². The predicted octanol–water partition coefficient (Wildman–Crippen LogP) is 4.83. The van der Waals surface area contributed by atoms with Crippen LogP contribution >= 0.6 is 0 Å². The molecule has 1 saturated carbocycles. The number of hydrogen-bond donors (Lipinski definition) is 2. The molecule has 3 aromatic rings. The van der Waals surface area contributed by atoms with Crippen molar-refractivity contribution in [3.63, 3.8) is 0 Å². The fourth-order valence-electron chi connectivity index (χ4n) is 4.12. The normalized spacial score (nSPS) is 17.3. The van der Waals surface area contributed by atoms with Crippen molar-refractivity contribution in [2.24, 2.45) is 5.92 Å².